The highest BCUT2D eigenvalue weighted by Gasteiger charge is 2.23. The molecule has 0 fully saturated rings. The van der Waals surface area contributed by atoms with Crippen LogP contribution in [0.3, 0.4) is 0 Å². The minimum absolute atomic E-state index is 0.0187. The number of aliphatic hydroxyl groups excluding tert-OH is 1. The van der Waals surface area contributed by atoms with Gasteiger partial charge in [0.1, 0.15) is 13.2 Å². The Morgan fingerprint density at radius 2 is 1.00 bits per heavy atom. The molecule has 0 aliphatic rings. The Morgan fingerprint density at radius 3 is 1.50 bits per heavy atom. The van der Waals surface area contributed by atoms with Gasteiger partial charge in [0.15, 0.2) is 0 Å². The molecule has 1 amide bonds. The summed E-state index contributed by atoms with van der Waals surface area (Å²) in [5.74, 6) is -0.233. The lowest BCUT2D eigenvalue weighted by molar-refractivity contribution is -0.870. The van der Waals surface area contributed by atoms with Crippen LogP contribution in [0.25, 0.3) is 0 Å². The Kier molecular flexibility index (Phi) is 41.4. The number of hydrogen-bond acceptors (Lipinski definition) is 6. The van der Waals surface area contributed by atoms with Crippen molar-refractivity contribution in [1.82, 2.24) is 5.32 Å². The highest BCUT2D eigenvalue weighted by atomic mass is 31.2. The molecule has 0 aliphatic heterocycles. The third-order valence-electron chi connectivity index (χ3n) is 9.94. The molecule has 0 aromatic rings. The number of likely N-dealkylation sites (N-methyl/N-ethyl adjacent to an activating group) is 1. The van der Waals surface area contributed by atoms with Crippen LogP contribution in [0.5, 0.6) is 0 Å². The second kappa shape index (κ2) is 43.4. The first-order valence-electron chi connectivity index (χ1n) is 24.2. The molecule has 0 radical (unpaired) electrons. The number of aliphatic hydroxyl groups is 1. The van der Waals surface area contributed by atoms with Crippen LogP contribution in [0.15, 0.2) is 109 Å². The summed E-state index contributed by atoms with van der Waals surface area (Å²) in [7, 11) is 1.20. The van der Waals surface area contributed by atoms with Crippen LogP contribution in [0.4, 0.5) is 0 Å². The second-order valence-electron chi connectivity index (χ2n) is 17.1. The maximum atomic E-state index is 12.9. The molecule has 8 nitrogen and oxygen atoms in total. The van der Waals surface area contributed by atoms with Gasteiger partial charge in [0, 0.05) is 6.42 Å². The topological polar surface area (TPSA) is 108 Å². The Labute approximate surface area is 381 Å². The average Bonchev–Trinajstić information content (AvgIpc) is 3.23. The predicted molar refractivity (Wildman–Crippen MR) is 265 cm³/mol. The van der Waals surface area contributed by atoms with E-state index in [1.165, 1.54) is 32.1 Å². The van der Waals surface area contributed by atoms with E-state index in [1.807, 2.05) is 27.2 Å². The molecule has 0 rings (SSSR count). The average molecular weight is 883 g/mol. The van der Waals surface area contributed by atoms with Gasteiger partial charge < -0.3 is 28.8 Å². The van der Waals surface area contributed by atoms with Gasteiger partial charge in [-0.1, -0.05) is 175 Å². The summed E-state index contributed by atoms with van der Waals surface area (Å²) in [6.07, 6.45) is 62.8. The number of unbranched alkanes of at least 4 members (excludes halogenated alkanes) is 13. The van der Waals surface area contributed by atoms with Gasteiger partial charge in [-0.2, -0.15) is 0 Å². The van der Waals surface area contributed by atoms with E-state index < -0.39 is 26.6 Å². The van der Waals surface area contributed by atoms with Crippen LogP contribution in [0.2, 0.25) is 0 Å². The molecule has 0 aliphatic carbocycles. The van der Waals surface area contributed by atoms with E-state index in [0.717, 1.165) is 116 Å². The number of allylic oxidation sites excluding steroid dienone is 17. The molecule has 3 unspecified atom stereocenters. The normalized spacial score (nSPS) is 15.1. The third-order valence-corrected chi connectivity index (χ3v) is 10.9. The quantitative estimate of drug-likeness (QED) is 0.0274. The van der Waals surface area contributed by atoms with Gasteiger partial charge in [-0.15, -0.1) is 0 Å². The molecule has 2 N–H and O–H groups in total. The highest BCUT2D eigenvalue weighted by molar-refractivity contribution is 7.45. The lowest BCUT2D eigenvalue weighted by atomic mass is 10.1. The smallest absolute Gasteiger partial charge is 0.268 e. The number of nitrogens with zero attached hydrogens (tertiary/aromatic N) is 1. The molecule has 9 heteroatoms. The fourth-order valence-corrected chi connectivity index (χ4v) is 6.85. The van der Waals surface area contributed by atoms with E-state index >= 15 is 0 Å². The fraction of sp³-hybridized carbons (Fsp3) is 0.642. The van der Waals surface area contributed by atoms with E-state index in [0.29, 0.717) is 17.4 Å². The zero-order valence-electron chi connectivity index (χ0n) is 40.0. The van der Waals surface area contributed by atoms with Crippen molar-refractivity contribution in [3.8, 4) is 0 Å². The monoisotopic (exact) mass is 883 g/mol. The summed E-state index contributed by atoms with van der Waals surface area (Å²) in [6.45, 7) is 4.45. The summed E-state index contributed by atoms with van der Waals surface area (Å²) in [4.78, 5) is 25.4. The Bertz CT molecular complexity index is 1370. The number of phosphoric acid groups is 1. The van der Waals surface area contributed by atoms with Gasteiger partial charge in [0.05, 0.1) is 39.9 Å². The fourth-order valence-electron chi connectivity index (χ4n) is 6.13. The second-order valence-corrected chi connectivity index (χ2v) is 18.5. The molecule has 0 aromatic heterocycles. The lowest BCUT2D eigenvalue weighted by Gasteiger charge is -2.29. The van der Waals surface area contributed by atoms with Crippen LogP contribution in [0, 0.1) is 0 Å². The zero-order chi connectivity index (χ0) is 45.7. The van der Waals surface area contributed by atoms with Crippen molar-refractivity contribution >= 4 is 13.7 Å². The van der Waals surface area contributed by atoms with Gasteiger partial charge in [0.25, 0.3) is 7.82 Å². The standard InChI is InChI=1S/C53H91N2O6P/c1-6-8-10-12-14-16-18-20-22-23-24-25-26-27-28-29-30-31-33-35-37-39-41-43-45-47-53(57)54-51(50-61-62(58,59)60-49-48-55(3,4)5)52(56)46-44-42-40-38-36-34-32-21-19-17-15-13-11-9-7-2/h8,10,14,16,19-22,24-25,27-28,30-31,36,38,44,46,51-52,56H,6-7,9,11-13,15,17-18,23,26,29,32-35,37,39-43,45,47-50H2,1-5H3,(H-,54,57,58,59)/b10-8-,16-14-,21-19+,22-20-,25-24-,28-27-,31-30-,38-36+,46-44+. The molecule has 0 heterocycles. The first-order valence-corrected chi connectivity index (χ1v) is 25.7. The maximum absolute atomic E-state index is 12.9. The largest absolute Gasteiger partial charge is 0.756 e. The molecule has 354 valence electrons. The van der Waals surface area contributed by atoms with Crippen LogP contribution in [-0.2, 0) is 18.4 Å². The van der Waals surface area contributed by atoms with Gasteiger partial charge in [-0.05, 0) is 96.3 Å². The molecule has 0 aromatic carbocycles. The number of nitrogens with one attached hydrogen (secondary N) is 1. The number of hydrogen-bond donors (Lipinski definition) is 2. The van der Waals surface area contributed by atoms with Crippen molar-refractivity contribution in [1.29, 1.82) is 0 Å². The molecule has 0 spiro atoms. The van der Waals surface area contributed by atoms with Crippen LogP contribution in [-0.4, -0.2) is 68.5 Å². The van der Waals surface area contributed by atoms with Gasteiger partial charge in [-0.25, -0.2) is 0 Å². The van der Waals surface area contributed by atoms with Crippen molar-refractivity contribution < 1.29 is 32.9 Å². The Balaban J connectivity index is 4.44. The summed E-state index contributed by atoms with van der Waals surface area (Å²) in [5.41, 5.74) is 0. The SMILES string of the molecule is CC/C=C\C/C=C\C/C=C\C/C=C\C/C=C\C/C=C\CCCCCCCCC(=O)NC(COP(=O)([O-])OCC[N+](C)(C)C)C(O)/C=C/CC/C=C/CC/C=C/CCCCCCC. The van der Waals surface area contributed by atoms with Gasteiger partial charge in [0.2, 0.25) is 5.91 Å². The molecule has 0 saturated carbocycles. The molecular formula is C53H91N2O6P. The molecular weight excluding hydrogens is 792 g/mol. The van der Waals surface area contributed by atoms with Crippen molar-refractivity contribution in [2.45, 2.75) is 180 Å². The van der Waals surface area contributed by atoms with Gasteiger partial charge in [-0.3, -0.25) is 9.36 Å². The third kappa shape index (κ3) is 45.2. The van der Waals surface area contributed by atoms with E-state index in [9.17, 15) is 19.4 Å². The number of rotatable bonds is 42. The summed E-state index contributed by atoms with van der Waals surface area (Å²) in [6, 6.07) is -0.925. The number of phosphoric ester groups is 1. The number of quaternary nitrogens is 1. The Morgan fingerprint density at radius 1 is 0.581 bits per heavy atom. The molecule has 62 heavy (non-hydrogen) atoms. The van der Waals surface area contributed by atoms with Crippen LogP contribution < -0.4 is 10.2 Å². The summed E-state index contributed by atoms with van der Waals surface area (Å²) < 4.78 is 23.2. The van der Waals surface area contributed by atoms with Crippen molar-refractivity contribution in [2.75, 3.05) is 40.9 Å². The molecule has 0 bridgehead atoms. The van der Waals surface area contributed by atoms with E-state index in [2.05, 4.69) is 116 Å². The van der Waals surface area contributed by atoms with E-state index in [-0.39, 0.29) is 12.5 Å². The van der Waals surface area contributed by atoms with Crippen molar-refractivity contribution in [3.05, 3.63) is 109 Å². The number of carbonyl (C=O) groups excluding carboxylic acids is 1. The Hall–Kier alpha value is -2.84. The minimum atomic E-state index is -4.61. The van der Waals surface area contributed by atoms with Crippen molar-refractivity contribution in [2.24, 2.45) is 0 Å². The van der Waals surface area contributed by atoms with E-state index in [4.69, 9.17) is 9.05 Å². The molecule has 0 saturated heterocycles. The lowest BCUT2D eigenvalue weighted by Crippen LogP contribution is -2.45. The first-order chi connectivity index (χ1) is 30.0. The minimum Gasteiger partial charge on any atom is -0.756 e. The summed E-state index contributed by atoms with van der Waals surface area (Å²) >= 11 is 0. The zero-order valence-corrected chi connectivity index (χ0v) is 40.9. The number of carbonyl (C=O) groups is 1. The van der Waals surface area contributed by atoms with Gasteiger partial charge >= 0.3 is 0 Å². The van der Waals surface area contributed by atoms with Crippen LogP contribution >= 0.6 is 7.82 Å². The number of amides is 1. The highest BCUT2D eigenvalue weighted by Crippen LogP contribution is 2.38. The maximum Gasteiger partial charge on any atom is 0.268 e. The van der Waals surface area contributed by atoms with Crippen molar-refractivity contribution in [3.63, 3.8) is 0 Å². The molecule has 3 atom stereocenters. The first kappa shape index (κ1) is 59.2. The van der Waals surface area contributed by atoms with E-state index in [1.54, 1.807) is 6.08 Å². The van der Waals surface area contributed by atoms with Crippen LogP contribution in [0.1, 0.15) is 168 Å². The predicted octanol–water partition coefficient (Wildman–Crippen LogP) is 13.4. The summed E-state index contributed by atoms with van der Waals surface area (Å²) in [5, 5.41) is 13.8.